The van der Waals surface area contributed by atoms with Crippen molar-refractivity contribution < 1.29 is 18.6 Å². The van der Waals surface area contributed by atoms with Gasteiger partial charge in [0, 0.05) is 11.5 Å². The molecule has 1 atom stereocenters. The van der Waals surface area contributed by atoms with Gasteiger partial charge in [-0.1, -0.05) is 19.1 Å². The normalized spacial score (nSPS) is 11.9. The van der Waals surface area contributed by atoms with Crippen molar-refractivity contribution in [1.29, 1.82) is 0 Å². The summed E-state index contributed by atoms with van der Waals surface area (Å²) in [6, 6.07) is 10.3. The molecule has 0 radical (unpaired) electrons. The first kappa shape index (κ1) is 19.1. The summed E-state index contributed by atoms with van der Waals surface area (Å²) in [5, 5.41) is 0. The summed E-state index contributed by atoms with van der Waals surface area (Å²) in [5.41, 5.74) is 7.74. The lowest BCUT2D eigenvalue weighted by Gasteiger charge is -2.21. The Kier molecular flexibility index (Phi) is 7.07. The lowest BCUT2D eigenvalue weighted by molar-refractivity contribution is 0.290. The Morgan fingerprint density at radius 3 is 2.48 bits per heavy atom. The van der Waals surface area contributed by atoms with Crippen LogP contribution >= 0.6 is 0 Å². The van der Waals surface area contributed by atoms with Crippen LogP contribution < -0.4 is 19.9 Å². The fourth-order valence-corrected chi connectivity index (χ4v) is 2.86. The molecule has 0 amide bonds. The van der Waals surface area contributed by atoms with Crippen LogP contribution in [0.4, 0.5) is 4.39 Å². The predicted octanol–water partition coefficient (Wildman–Crippen LogP) is 3.92. The number of rotatable bonds is 9. The number of methoxy groups -OCH3 is 2. The average molecular weight is 347 g/mol. The van der Waals surface area contributed by atoms with Crippen molar-refractivity contribution in [3.8, 4) is 17.2 Å². The van der Waals surface area contributed by atoms with Crippen molar-refractivity contribution in [2.45, 2.75) is 25.7 Å². The average Bonchev–Trinajstić information content (AvgIpc) is 2.64. The van der Waals surface area contributed by atoms with Crippen LogP contribution in [0, 0.1) is 5.82 Å². The van der Waals surface area contributed by atoms with Gasteiger partial charge in [-0.3, -0.25) is 0 Å². The van der Waals surface area contributed by atoms with E-state index in [1.54, 1.807) is 20.3 Å². The zero-order chi connectivity index (χ0) is 18.2. The van der Waals surface area contributed by atoms with Gasteiger partial charge < -0.3 is 19.9 Å². The number of benzene rings is 2. The molecule has 0 saturated heterocycles. The molecule has 0 bridgehead atoms. The molecule has 0 saturated carbocycles. The molecular formula is C20H26FNO3. The second-order valence-corrected chi connectivity index (χ2v) is 5.82. The molecule has 2 aromatic rings. The van der Waals surface area contributed by atoms with E-state index < -0.39 is 0 Å². The third-order valence-corrected chi connectivity index (χ3v) is 4.11. The first-order chi connectivity index (χ1) is 12.1. The number of para-hydroxylation sites is 1. The van der Waals surface area contributed by atoms with Crippen molar-refractivity contribution >= 4 is 0 Å². The van der Waals surface area contributed by atoms with E-state index in [2.05, 4.69) is 6.92 Å². The summed E-state index contributed by atoms with van der Waals surface area (Å²) in [6.07, 6.45) is 1.50. The van der Waals surface area contributed by atoms with Crippen molar-refractivity contribution in [3.63, 3.8) is 0 Å². The van der Waals surface area contributed by atoms with Gasteiger partial charge in [0.1, 0.15) is 11.6 Å². The largest absolute Gasteiger partial charge is 0.496 e. The molecule has 5 heteroatoms. The topological polar surface area (TPSA) is 53.7 Å². The van der Waals surface area contributed by atoms with E-state index in [0.29, 0.717) is 31.1 Å². The minimum atomic E-state index is -0.303. The van der Waals surface area contributed by atoms with Crippen LogP contribution in [0.2, 0.25) is 0 Å². The fraction of sp³-hybridized carbons (Fsp3) is 0.400. The number of ether oxygens (including phenoxy) is 3. The Bertz CT molecular complexity index is 691. The van der Waals surface area contributed by atoms with Crippen LogP contribution in [-0.4, -0.2) is 27.4 Å². The van der Waals surface area contributed by atoms with E-state index >= 15 is 0 Å². The van der Waals surface area contributed by atoms with Crippen molar-refractivity contribution in [1.82, 2.24) is 0 Å². The third kappa shape index (κ3) is 4.63. The van der Waals surface area contributed by atoms with Gasteiger partial charge in [0.2, 0.25) is 0 Å². The number of nitrogens with two attached hydrogens (primary N) is 1. The molecule has 0 heterocycles. The zero-order valence-electron chi connectivity index (χ0n) is 15.0. The zero-order valence-corrected chi connectivity index (χ0v) is 15.0. The summed E-state index contributed by atoms with van der Waals surface area (Å²) in [5.74, 6) is 1.65. The van der Waals surface area contributed by atoms with Crippen molar-refractivity contribution in [3.05, 3.63) is 53.3 Å². The number of hydrogen-bond acceptors (Lipinski definition) is 4. The summed E-state index contributed by atoms with van der Waals surface area (Å²) in [7, 11) is 3.19. The molecule has 2 aromatic carbocycles. The van der Waals surface area contributed by atoms with E-state index in [4.69, 9.17) is 19.9 Å². The summed E-state index contributed by atoms with van der Waals surface area (Å²) < 4.78 is 30.5. The molecule has 4 nitrogen and oxygen atoms in total. The van der Waals surface area contributed by atoms with E-state index in [1.807, 2.05) is 18.2 Å². The molecule has 25 heavy (non-hydrogen) atoms. The Morgan fingerprint density at radius 2 is 1.84 bits per heavy atom. The van der Waals surface area contributed by atoms with E-state index in [9.17, 15) is 4.39 Å². The second kappa shape index (κ2) is 9.28. The van der Waals surface area contributed by atoms with Crippen LogP contribution in [0.1, 0.15) is 30.4 Å². The quantitative estimate of drug-likeness (QED) is 0.747. The van der Waals surface area contributed by atoms with Gasteiger partial charge in [-0.25, -0.2) is 4.39 Å². The monoisotopic (exact) mass is 347 g/mol. The Morgan fingerprint density at radius 1 is 1.08 bits per heavy atom. The van der Waals surface area contributed by atoms with Crippen LogP contribution in [0.5, 0.6) is 17.2 Å². The predicted molar refractivity (Wildman–Crippen MR) is 97.2 cm³/mol. The lowest BCUT2D eigenvalue weighted by atomic mass is 9.90. The molecule has 0 aliphatic rings. The molecule has 0 fully saturated rings. The molecule has 2 rings (SSSR count). The van der Waals surface area contributed by atoms with E-state index in [0.717, 1.165) is 23.3 Å². The van der Waals surface area contributed by atoms with Gasteiger partial charge in [0.05, 0.1) is 20.8 Å². The number of halogens is 1. The van der Waals surface area contributed by atoms with Gasteiger partial charge in [0.25, 0.3) is 0 Å². The lowest BCUT2D eigenvalue weighted by Crippen LogP contribution is -2.17. The first-order valence-electron chi connectivity index (χ1n) is 8.46. The standard InChI is InChI=1S/C20H26FNO3/c1-4-10-25-20-14(6-5-7-19(20)24-3)11-15(13-22)17-12-16(21)8-9-18(17)23-2/h5-9,12,15H,4,10-11,13,22H2,1-3H3. The first-order valence-corrected chi connectivity index (χ1v) is 8.46. The van der Waals surface area contributed by atoms with E-state index in [1.165, 1.54) is 12.1 Å². The van der Waals surface area contributed by atoms with Crippen LogP contribution in [0.25, 0.3) is 0 Å². The smallest absolute Gasteiger partial charge is 0.164 e. The van der Waals surface area contributed by atoms with Gasteiger partial charge in [-0.05, 0) is 49.2 Å². The second-order valence-electron chi connectivity index (χ2n) is 5.82. The fourth-order valence-electron chi connectivity index (χ4n) is 2.86. The van der Waals surface area contributed by atoms with Gasteiger partial charge in [-0.2, -0.15) is 0 Å². The SMILES string of the molecule is CCCOc1c(CC(CN)c2cc(F)ccc2OC)cccc1OC. The Labute approximate surface area is 148 Å². The van der Waals surface area contributed by atoms with Crippen LogP contribution in [0.15, 0.2) is 36.4 Å². The number of hydrogen-bond donors (Lipinski definition) is 1. The highest BCUT2D eigenvalue weighted by molar-refractivity contribution is 5.48. The molecule has 1 unspecified atom stereocenters. The molecule has 0 aliphatic heterocycles. The van der Waals surface area contributed by atoms with Gasteiger partial charge in [0.15, 0.2) is 11.5 Å². The maximum atomic E-state index is 13.7. The molecule has 0 aliphatic carbocycles. The molecule has 0 spiro atoms. The minimum absolute atomic E-state index is 0.0956. The highest BCUT2D eigenvalue weighted by Gasteiger charge is 2.20. The third-order valence-electron chi connectivity index (χ3n) is 4.11. The molecule has 2 N–H and O–H groups in total. The summed E-state index contributed by atoms with van der Waals surface area (Å²) in [4.78, 5) is 0. The maximum Gasteiger partial charge on any atom is 0.164 e. The summed E-state index contributed by atoms with van der Waals surface area (Å²) >= 11 is 0. The molecule has 136 valence electrons. The van der Waals surface area contributed by atoms with Gasteiger partial charge >= 0.3 is 0 Å². The Balaban J connectivity index is 2.37. The molecular weight excluding hydrogens is 321 g/mol. The molecule has 0 aromatic heterocycles. The minimum Gasteiger partial charge on any atom is -0.496 e. The van der Waals surface area contributed by atoms with Crippen LogP contribution in [0.3, 0.4) is 0 Å². The Hall–Kier alpha value is -2.27. The highest BCUT2D eigenvalue weighted by atomic mass is 19.1. The van der Waals surface area contributed by atoms with Gasteiger partial charge in [-0.15, -0.1) is 0 Å². The van der Waals surface area contributed by atoms with E-state index in [-0.39, 0.29) is 11.7 Å². The maximum absolute atomic E-state index is 13.7. The van der Waals surface area contributed by atoms with Crippen LogP contribution in [-0.2, 0) is 6.42 Å². The highest BCUT2D eigenvalue weighted by Crippen LogP contribution is 2.36. The van der Waals surface area contributed by atoms with Crippen molar-refractivity contribution in [2.24, 2.45) is 5.73 Å². The summed E-state index contributed by atoms with van der Waals surface area (Å²) in [6.45, 7) is 3.02. The van der Waals surface area contributed by atoms with Crippen molar-refractivity contribution in [2.75, 3.05) is 27.4 Å².